The van der Waals surface area contributed by atoms with Crippen molar-refractivity contribution >= 4 is 35.9 Å². The lowest BCUT2D eigenvalue weighted by Crippen LogP contribution is -2.42. The summed E-state index contributed by atoms with van der Waals surface area (Å²) in [5.41, 5.74) is 9.42. The van der Waals surface area contributed by atoms with Crippen LogP contribution in [-0.4, -0.2) is 58.3 Å². The molecule has 2 aliphatic heterocycles. The molecule has 3 N–H and O–H groups in total. The number of amidine groups is 1. The van der Waals surface area contributed by atoms with Crippen molar-refractivity contribution in [2.24, 2.45) is 15.7 Å². The van der Waals surface area contributed by atoms with Gasteiger partial charge in [-0.15, -0.1) is 0 Å². The molecule has 1 aromatic heterocycles. The van der Waals surface area contributed by atoms with E-state index in [9.17, 15) is 9.59 Å². The fourth-order valence-corrected chi connectivity index (χ4v) is 4.53. The highest BCUT2D eigenvalue weighted by atomic mass is 16.2. The largest absolute Gasteiger partial charge is 0.387 e. The summed E-state index contributed by atoms with van der Waals surface area (Å²) in [6, 6.07) is 12.5. The molecule has 0 spiro atoms. The van der Waals surface area contributed by atoms with Crippen LogP contribution >= 0.6 is 0 Å². The monoisotopic (exact) mass is 497 g/mol. The Morgan fingerprint density at radius 3 is 2.62 bits per heavy atom. The van der Waals surface area contributed by atoms with Gasteiger partial charge in [0, 0.05) is 60.8 Å². The molecule has 190 valence electrons. The Morgan fingerprint density at radius 2 is 1.95 bits per heavy atom. The molecule has 9 heteroatoms. The van der Waals surface area contributed by atoms with Crippen LogP contribution in [0.25, 0.3) is 5.70 Å². The van der Waals surface area contributed by atoms with E-state index in [-0.39, 0.29) is 17.9 Å². The molecule has 37 heavy (non-hydrogen) atoms. The molecule has 0 radical (unpaired) electrons. The van der Waals surface area contributed by atoms with Gasteiger partial charge in [0.25, 0.3) is 5.91 Å². The molecule has 1 fully saturated rings. The Kier molecular flexibility index (Phi) is 7.92. The van der Waals surface area contributed by atoms with Gasteiger partial charge >= 0.3 is 0 Å². The maximum atomic E-state index is 12.7. The lowest BCUT2D eigenvalue weighted by atomic mass is 10.0. The summed E-state index contributed by atoms with van der Waals surface area (Å²) >= 11 is 0. The highest BCUT2D eigenvalue weighted by molar-refractivity contribution is 6.04. The normalized spacial score (nSPS) is 18.6. The third-order valence-electron chi connectivity index (χ3n) is 6.35. The van der Waals surface area contributed by atoms with Crippen LogP contribution in [0.3, 0.4) is 0 Å². The fraction of sp³-hybridized carbons (Fsp3) is 0.250. The van der Waals surface area contributed by atoms with E-state index in [0.29, 0.717) is 48.0 Å². The molecule has 3 heterocycles. The van der Waals surface area contributed by atoms with Crippen molar-refractivity contribution in [1.29, 1.82) is 0 Å². The third kappa shape index (κ3) is 6.00. The molecule has 9 nitrogen and oxygen atoms in total. The second-order valence-corrected chi connectivity index (χ2v) is 9.02. The van der Waals surface area contributed by atoms with E-state index in [4.69, 9.17) is 5.73 Å². The first-order valence-corrected chi connectivity index (χ1v) is 12.1. The minimum absolute atomic E-state index is 0.0203. The quantitative estimate of drug-likeness (QED) is 0.446. The van der Waals surface area contributed by atoms with Gasteiger partial charge in [-0.1, -0.05) is 24.8 Å². The van der Waals surface area contributed by atoms with E-state index in [2.05, 4.69) is 33.6 Å². The van der Waals surface area contributed by atoms with E-state index < -0.39 is 0 Å². The number of aromatic nitrogens is 1. The number of hydrogen-bond donors (Lipinski definition) is 2. The highest BCUT2D eigenvalue weighted by Crippen LogP contribution is 2.29. The number of nitrogens with one attached hydrogen (secondary N) is 1. The molecule has 1 aromatic carbocycles. The van der Waals surface area contributed by atoms with Crippen LogP contribution in [0.1, 0.15) is 42.1 Å². The van der Waals surface area contributed by atoms with Crippen LogP contribution in [0.15, 0.2) is 88.9 Å². The first kappa shape index (κ1) is 25.6. The van der Waals surface area contributed by atoms with Crippen molar-refractivity contribution in [3.05, 3.63) is 90.0 Å². The Labute approximate surface area is 216 Å². The molecule has 2 aromatic rings. The van der Waals surface area contributed by atoms with E-state index in [1.165, 1.54) is 0 Å². The molecular formula is C28H31N7O2. The molecule has 4 rings (SSSR count). The van der Waals surface area contributed by atoms with Crippen LogP contribution in [0.5, 0.6) is 0 Å². The van der Waals surface area contributed by atoms with Gasteiger partial charge in [0.15, 0.2) is 0 Å². The van der Waals surface area contributed by atoms with E-state index in [0.717, 1.165) is 24.1 Å². The molecule has 2 aliphatic rings. The summed E-state index contributed by atoms with van der Waals surface area (Å²) in [6.45, 7) is 10.7. The average molecular weight is 498 g/mol. The predicted octanol–water partition coefficient (Wildman–Crippen LogP) is 3.80. The van der Waals surface area contributed by atoms with Crippen LogP contribution in [-0.2, 0) is 4.79 Å². The van der Waals surface area contributed by atoms with Crippen molar-refractivity contribution in [1.82, 2.24) is 14.8 Å². The zero-order valence-corrected chi connectivity index (χ0v) is 20.9. The number of hydrogen-bond acceptors (Lipinski definition) is 7. The minimum atomic E-state index is -0.259. The van der Waals surface area contributed by atoms with Crippen LogP contribution in [0.2, 0.25) is 0 Å². The molecule has 2 amide bonds. The van der Waals surface area contributed by atoms with Crippen molar-refractivity contribution < 1.29 is 9.59 Å². The average Bonchev–Trinajstić information content (AvgIpc) is 3.28. The Hall–Kier alpha value is -4.53. The summed E-state index contributed by atoms with van der Waals surface area (Å²) in [5, 5.41) is 2.78. The van der Waals surface area contributed by atoms with Crippen LogP contribution in [0.4, 0.5) is 5.82 Å². The standard InChI is InChI=1S/C28H31N7O2/c1-19(2)28(37)35-15-6-7-22(35)18-34-16-14-31-24(29)17-23(34)26(30-3)20-9-11-21(12-10-20)27(36)33-25-8-4-5-13-32-25/h4-5,8-14,16,22H,1,3,6-7,15,17-18H2,2H3,(H2,29,31)(H,32,33,36)/b26-23-. The second-order valence-electron chi connectivity index (χ2n) is 9.02. The molecule has 1 atom stereocenters. The van der Waals surface area contributed by atoms with Gasteiger partial charge in [-0.3, -0.25) is 14.6 Å². The smallest absolute Gasteiger partial charge is 0.256 e. The molecule has 1 saturated heterocycles. The highest BCUT2D eigenvalue weighted by Gasteiger charge is 2.31. The predicted molar refractivity (Wildman–Crippen MR) is 147 cm³/mol. The number of carbonyl (C=O) groups excluding carboxylic acids is 2. The van der Waals surface area contributed by atoms with Gasteiger partial charge in [0.05, 0.1) is 11.4 Å². The number of nitrogens with two attached hydrogens (primary N) is 1. The van der Waals surface area contributed by atoms with Gasteiger partial charge in [-0.2, -0.15) is 0 Å². The summed E-state index contributed by atoms with van der Waals surface area (Å²) in [7, 11) is 0. The molecule has 0 aliphatic carbocycles. The number of rotatable bonds is 7. The number of aliphatic imine (C=N–C) groups is 2. The number of benzene rings is 1. The molecule has 0 bridgehead atoms. The Bertz CT molecular complexity index is 1280. The number of carbonyl (C=O) groups is 2. The van der Waals surface area contributed by atoms with Gasteiger partial charge in [0.1, 0.15) is 11.7 Å². The number of likely N-dealkylation sites (tertiary alicyclic amines) is 1. The topological polar surface area (TPSA) is 116 Å². The zero-order valence-electron chi connectivity index (χ0n) is 20.9. The Balaban J connectivity index is 1.61. The third-order valence-corrected chi connectivity index (χ3v) is 6.35. The number of nitrogens with zero attached hydrogens (tertiary/aromatic N) is 5. The first-order valence-electron chi connectivity index (χ1n) is 12.1. The molecule has 0 saturated carbocycles. The summed E-state index contributed by atoms with van der Waals surface area (Å²) < 4.78 is 0. The van der Waals surface area contributed by atoms with Gasteiger partial charge in [0.2, 0.25) is 5.91 Å². The molecular weight excluding hydrogens is 466 g/mol. The van der Waals surface area contributed by atoms with Crippen LogP contribution in [0, 0.1) is 0 Å². The summed E-state index contributed by atoms with van der Waals surface area (Å²) in [4.78, 5) is 42.0. The van der Waals surface area contributed by atoms with E-state index >= 15 is 0 Å². The van der Waals surface area contributed by atoms with Gasteiger partial charge < -0.3 is 20.9 Å². The summed E-state index contributed by atoms with van der Waals surface area (Å²) in [5.74, 6) is 0.644. The number of pyridine rings is 1. The minimum Gasteiger partial charge on any atom is -0.387 e. The van der Waals surface area contributed by atoms with Crippen LogP contribution < -0.4 is 11.1 Å². The SMILES string of the molecule is C=N/C(=C1/CC(N)=NC=CN1CC1CCCN1C(=O)C(=C)C)c1ccc(C(=O)Nc2ccccn2)cc1. The zero-order chi connectivity index (χ0) is 26.4. The lowest BCUT2D eigenvalue weighted by molar-refractivity contribution is -0.128. The van der Waals surface area contributed by atoms with Crippen molar-refractivity contribution in [2.45, 2.75) is 32.2 Å². The van der Waals surface area contributed by atoms with Crippen molar-refractivity contribution in [3.63, 3.8) is 0 Å². The van der Waals surface area contributed by atoms with E-state index in [1.54, 1.807) is 49.7 Å². The fourth-order valence-electron chi connectivity index (χ4n) is 4.53. The van der Waals surface area contributed by atoms with E-state index in [1.807, 2.05) is 28.1 Å². The maximum Gasteiger partial charge on any atom is 0.256 e. The second kappa shape index (κ2) is 11.5. The van der Waals surface area contributed by atoms with Gasteiger partial charge in [-0.25, -0.2) is 9.98 Å². The van der Waals surface area contributed by atoms with Gasteiger partial charge in [-0.05, 0) is 50.7 Å². The lowest BCUT2D eigenvalue weighted by Gasteiger charge is -2.32. The molecule has 1 unspecified atom stereocenters. The number of anilines is 1. The van der Waals surface area contributed by atoms with Crippen molar-refractivity contribution in [3.8, 4) is 0 Å². The summed E-state index contributed by atoms with van der Waals surface area (Å²) in [6.07, 6.45) is 7.33. The Morgan fingerprint density at radius 1 is 1.19 bits per heavy atom. The number of amides is 2. The maximum absolute atomic E-state index is 12.7. The van der Waals surface area contributed by atoms with Crippen molar-refractivity contribution in [2.75, 3.05) is 18.4 Å². The first-order chi connectivity index (χ1) is 17.9.